The molecule has 4 nitrogen and oxygen atoms in total. The molecule has 0 unspecified atom stereocenters. The SMILES string of the molecule is COc1ccc(C(=O)CCC(=O)NC2CC2)cc1F. The third-order valence-electron chi connectivity index (χ3n) is 3.00. The van der Waals surface area contributed by atoms with Crippen LogP contribution in [0.4, 0.5) is 4.39 Å². The minimum atomic E-state index is -0.573. The number of halogens is 1. The summed E-state index contributed by atoms with van der Waals surface area (Å²) in [5, 5.41) is 2.81. The zero-order valence-electron chi connectivity index (χ0n) is 10.7. The van der Waals surface area contributed by atoms with Gasteiger partial charge in [0.15, 0.2) is 17.3 Å². The number of carbonyl (C=O) groups is 2. The zero-order valence-corrected chi connectivity index (χ0v) is 10.7. The molecule has 0 radical (unpaired) electrons. The van der Waals surface area contributed by atoms with Gasteiger partial charge in [-0.3, -0.25) is 9.59 Å². The summed E-state index contributed by atoms with van der Waals surface area (Å²) in [4.78, 5) is 23.3. The predicted octanol–water partition coefficient (Wildman–Crippen LogP) is 2.08. The Labute approximate surface area is 110 Å². The van der Waals surface area contributed by atoms with E-state index >= 15 is 0 Å². The number of benzene rings is 1. The highest BCUT2D eigenvalue weighted by molar-refractivity contribution is 5.98. The summed E-state index contributed by atoms with van der Waals surface area (Å²) in [6.45, 7) is 0. The van der Waals surface area contributed by atoms with Crippen molar-refractivity contribution in [1.82, 2.24) is 5.32 Å². The van der Waals surface area contributed by atoms with Gasteiger partial charge in [0.2, 0.25) is 5.91 Å². The molecule has 0 heterocycles. The number of rotatable bonds is 6. The topological polar surface area (TPSA) is 55.4 Å². The lowest BCUT2D eigenvalue weighted by Crippen LogP contribution is -2.25. The van der Waals surface area contributed by atoms with Gasteiger partial charge < -0.3 is 10.1 Å². The molecule has 5 heteroatoms. The van der Waals surface area contributed by atoms with E-state index in [0.29, 0.717) is 6.04 Å². The minimum Gasteiger partial charge on any atom is -0.494 e. The van der Waals surface area contributed by atoms with Gasteiger partial charge in [-0.2, -0.15) is 0 Å². The van der Waals surface area contributed by atoms with Crippen LogP contribution < -0.4 is 10.1 Å². The Balaban J connectivity index is 1.88. The number of methoxy groups -OCH3 is 1. The van der Waals surface area contributed by atoms with Crippen LogP contribution in [0.5, 0.6) is 5.75 Å². The van der Waals surface area contributed by atoms with E-state index in [1.165, 1.54) is 19.2 Å². The molecule has 1 fully saturated rings. The predicted molar refractivity (Wildman–Crippen MR) is 67.7 cm³/mol. The number of hydrogen-bond acceptors (Lipinski definition) is 3. The average Bonchev–Trinajstić information content (AvgIpc) is 3.19. The van der Waals surface area contributed by atoms with Crippen molar-refractivity contribution in [3.63, 3.8) is 0 Å². The second kappa shape index (κ2) is 5.82. The maximum atomic E-state index is 13.4. The molecule has 0 bridgehead atoms. The standard InChI is InChI=1S/C14H16FNO3/c1-19-13-6-2-9(8-11(13)15)12(17)5-7-14(18)16-10-3-4-10/h2,6,8,10H,3-5,7H2,1H3,(H,16,18). The van der Waals surface area contributed by atoms with Gasteiger partial charge in [0.1, 0.15) is 0 Å². The van der Waals surface area contributed by atoms with E-state index < -0.39 is 5.82 Å². The van der Waals surface area contributed by atoms with E-state index in [1.54, 1.807) is 0 Å². The molecule has 1 aromatic rings. The molecule has 1 aromatic carbocycles. The maximum absolute atomic E-state index is 13.4. The molecule has 1 saturated carbocycles. The number of ether oxygens (including phenoxy) is 1. The van der Waals surface area contributed by atoms with Gasteiger partial charge >= 0.3 is 0 Å². The van der Waals surface area contributed by atoms with Crippen molar-refractivity contribution in [2.24, 2.45) is 0 Å². The van der Waals surface area contributed by atoms with Crippen LogP contribution in [0.15, 0.2) is 18.2 Å². The van der Waals surface area contributed by atoms with E-state index in [2.05, 4.69) is 5.32 Å². The Hall–Kier alpha value is -1.91. The van der Waals surface area contributed by atoms with Crippen molar-refractivity contribution >= 4 is 11.7 Å². The van der Waals surface area contributed by atoms with E-state index in [9.17, 15) is 14.0 Å². The summed E-state index contributed by atoms with van der Waals surface area (Å²) in [6, 6.07) is 4.34. The van der Waals surface area contributed by atoms with Gasteiger partial charge in [-0.25, -0.2) is 4.39 Å². The third-order valence-corrected chi connectivity index (χ3v) is 3.00. The Kier molecular flexibility index (Phi) is 4.14. The van der Waals surface area contributed by atoms with Gasteiger partial charge in [0.25, 0.3) is 0 Å². The second-order valence-corrected chi connectivity index (χ2v) is 4.61. The third kappa shape index (κ3) is 3.77. The number of amides is 1. The molecule has 102 valence electrons. The number of nitrogens with one attached hydrogen (secondary N) is 1. The molecule has 0 aliphatic heterocycles. The minimum absolute atomic E-state index is 0.0876. The molecule has 1 amide bonds. The molecule has 2 rings (SSSR count). The quantitative estimate of drug-likeness (QED) is 0.801. The summed E-state index contributed by atoms with van der Waals surface area (Å²) in [5.74, 6) is -0.837. The van der Waals surface area contributed by atoms with Crippen LogP contribution in [0.3, 0.4) is 0 Å². The highest BCUT2D eigenvalue weighted by Gasteiger charge is 2.23. The Morgan fingerprint density at radius 2 is 2.11 bits per heavy atom. The number of Topliss-reactive ketones (excluding diaryl/α,β-unsaturated/α-hetero) is 1. The molecule has 0 spiro atoms. The van der Waals surface area contributed by atoms with Crippen LogP contribution in [0.2, 0.25) is 0 Å². The first-order chi connectivity index (χ1) is 9.10. The molecule has 0 atom stereocenters. The highest BCUT2D eigenvalue weighted by atomic mass is 19.1. The summed E-state index contributed by atoms with van der Waals surface area (Å²) in [6.07, 6.45) is 2.26. The zero-order chi connectivity index (χ0) is 13.8. The molecular formula is C14H16FNO3. The van der Waals surface area contributed by atoms with E-state index in [1.807, 2.05) is 0 Å². The first-order valence-corrected chi connectivity index (χ1v) is 6.26. The number of ketones is 1. The fraction of sp³-hybridized carbons (Fsp3) is 0.429. The van der Waals surface area contributed by atoms with Crippen molar-refractivity contribution in [3.8, 4) is 5.75 Å². The van der Waals surface area contributed by atoms with Crippen molar-refractivity contribution in [2.75, 3.05) is 7.11 Å². The largest absolute Gasteiger partial charge is 0.494 e. The molecule has 1 N–H and O–H groups in total. The van der Waals surface area contributed by atoms with Gasteiger partial charge in [0, 0.05) is 24.4 Å². The van der Waals surface area contributed by atoms with Crippen molar-refractivity contribution < 1.29 is 18.7 Å². The normalized spacial score (nSPS) is 14.0. The van der Waals surface area contributed by atoms with Crippen molar-refractivity contribution in [3.05, 3.63) is 29.6 Å². The van der Waals surface area contributed by atoms with Gasteiger partial charge in [0.05, 0.1) is 7.11 Å². The first-order valence-electron chi connectivity index (χ1n) is 6.26. The average molecular weight is 265 g/mol. The van der Waals surface area contributed by atoms with Crippen LogP contribution in [-0.2, 0) is 4.79 Å². The summed E-state index contributed by atoms with van der Waals surface area (Å²) >= 11 is 0. The van der Waals surface area contributed by atoms with Crippen molar-refractivity contribution in [1.29, 1.82) is 0 Å². The van der Waals surface area contributed by atoms with Gasteiger partial charge in [-0.1, -0.05) is 0 Å². The molecular weight excluding hydrogens is 249 g/mol. The highest BCUT2D eigenvalue weighted by Crippen LogP contribution is 2.20. The molecule has 0 aromatic heterocycles. The van der Waals surface area contributed by atoms with Gasteiger partial charge in [-0.05, 0) is 31.0 Å². The Morgan fingerprint density at radius 3 is 2.68 bits per heavy atom. The van der Waals surface area contributed by atoms with Crippen LogP contribution in [0.25, 0.3) is 0 Å². The van der Waals surface area contributed by atoms with Crippen LogP contribution in [-0.4, -0.2) is 24.8 Å². The Bertz CT molecular complexity index is 497. The van der Waals surface area contributed by atoms with Crippen LogP contribution in [0, 0.1) is 5.82 Å². The molecule has 1 aliphatic carbocycles. The van der Waals surface area contributed by atoms with Crippen LogP contribution >= 0.6 is 0 Å². The van der Waals surface area contributed by atoms with Gasteiger partial charge in [-0.15, -0.1) is 0 Å². The van der Waals surface area contributed by atoms with Crippen LogP contribution in [0.1, 0.15) is 36.0 Å². The maximum Gasteiger partial charge on any atom is 0.220 e. The Morgan fingerprint density at radius 1 is 1.37 bits per heavy atom. The second-order valence-electron chi connectivity index (χ2n) is 4.61. The summed E-state index contributed by atoms with van der Waals surface area (Å²) in [5.41, 5.74) is 0.262. The summed E-state index contributed by atoms with van der Waals surface area (Å²) in [7, 11) is 1.36. The lowest BCUT2D eigenvalue weighted by atomic mass is 10.1. The summed E-state index contributed by atoms with van der Waals surface area (Å²) < 4.78 is 18.2. The fourth-order valence-corrected chi connectivity index (χ4v) is 1.74. The number of hydrogen-bond donors (Lipinski definition) is 1. The lowest BCUT2D eigenvalue weighted by molar-refractivity contribution is -0.121. The van der Waals surface area contributed by atoms with E-state index in [-0.39, 0.29) is 35.8 Å². The van der Waals surface area contributed by atoms with Crippen molar-refractivity contribution in [2.45, 2.75) is 31.7 Å². The number of carbonyl (C=O) groups excluding carboxylic acids is 2. The lowest BCUT2D eigenvalue weighted by Gasteiger charge is -2.05. The van der Waals surface area contributed by atoms with E-state index in [0.717, 1.165) is 18.9 Å². The molecule has 19 heavy (non-hydrogen) atoms. The molecule has 0 saturated heterocycles. The monoisotopic (exact) mass is 265 g/mol. The first kappa shape index (κ1) is 13.5. The smallest absolute Gasteiger partial charge is 0.220 e. The molecule has 1 aliphatic rings. The van der Waals surface area contributed by atoms with E-state index in [4.69, 9.17) is 4.74 Å². The fourth-order valence-electron chi connectivity index (χ4n) is 1.74.